The molecule has 1 aromatic heterocycles. The topological polar surface area (TPSA) is 43.8 Å². The van der Waals surface area contributed by atoms with Crippen molar-refractivity contribution in [3.63, 3.8) is 0 Å². The number of rotatable bonds is 2. The maximum absolute atomic E-state index is 12.2. The van der Waals surface area contributed by atoms with E-state index in [4.69, 9.17) is 15.7 Å². The Hall–Kier alpha value is -2.80. The minimum atomic E-state index is -0.578. The quantitative estimate of drug-likeness (QED) is 0.404. The fourth-order valence-corrected chi connectivity index (χ4v) is 2.56. The summed E-state index contributed by atoms with van der Waals surface area (Å²) in [6.45, 7) is 12.5. The van der Waals surface area contributed by atoms with Gasteiger partial charge in [-0.05, 0) is 32.0 Å². The lowest BCUT2D eigenvalue weighted by Gasteiger charge is -2.11. The average molecular weight is 293 g/mol. The van der Waals surface area contributed by atoms with Gasteiger partial charge in [0.1, 0.15) is 11.3 Å². The van der Waals surface area contributed by atoms with Gasteiger partial charge in [-0.3, -0.25) is 4.85 Å². The van der Waals surface area contributed by atoms with Gasteiger partial charge in [-0.15, -0.1) is 0 Å². The first-order chi connectivity index (χ1) is 10.5. The molecule has 3 rings (SSSR count). The van der Waals surface area contributed by atoms with Gasteiger partial charge in [-0.1, -0.05) is 17.7 Å². The third-order valence-corrected chi connectivity index (χ3v) is 3.72. The highest BCUT2D eigenvalue weighted by atomic mass is 16.5. The van der Waals surface area contributed by atoms with Crippen LogP contribution in [0.15, 0.2) is 39.5 Å². The molecule has 0 bridgehead atoms. The number of ether oxygens (including phenoxy) is 1. The molecule has 0 amide bonds. The SMILES string of the molecule is [C-]#[N+]C(C)Oc1ccc2c(oc(=O)c3ccc(C)cc32)c1C. The second-order valence-corrected chi connectivity index (χ2v) is 5.35. The van der Waals surface area contributed by atoms with Crippen molar-refractivity contribution in [1.29, 1.82) is 0 Å². The molecule has 1 heterocycles. The van der Waals surface area contributed by atoms with Crippen LogP contribution in [0, 0.1) is 20.4 Å². The highest BCUT2D eigenvalue weighted by molar-refractivity contribution is 6.05. The van der Waals surface area contributed by atoms with Gasteiger partial charge < -0.3 is 9.15 Å². The predicted molar refractivity (Wildman–Crippen MR) is 86.2 cm³/mol. The van der Waals surface area contributed by atoms with Gasteiger partial charge >= 0.3 is 11.9 Å². The van der Waals surface area contributed by atoms with Crippen molar-refractivity contribution in [2.45, 2.75) is 27.0 Å². The predicted octanol–water partition coefficient (Wildman–Crippen LogP) is 4.21. The van der Waals surface area contributed by atoms with Crippen LogP contribution in [0.25, 0.3) is 26.6 Å². The Balaban J connectivity index is 2.34. The van der Waals surface area contributed by atoms with Crippen molar-refractivity contribution in [3.8, 4) is 5.75 Å². The average Bonchev–Trinajstić information content (AvgIpc) is 2.50. The standard InChI is InChI=1S/C18H15NO3/c1-10-5-6-14-15(9-10)13-7-8-16(21-12(3)19-4)11(2)17(13)22-18(14)20/h5-9,12H,1-3H3. The summed E-state index contributed by atoms with van der Waals surface area (Å²) in [6.07, 6.45) is -0.578. The number of benzene rings is 2. The Labute approximate surface area is 127 Å². The van der Waals surface area contributed by atoms with Crippen LogP contribution in [0.3, 0.4) is 0 Å². The third-order valence-electron chi connectivity index (χ3n) is 3.72. The van der Waals surface area contributed by atoms with Gasteiger partial charge in [0.2, 0.25) is 0 Å². The molecule has 0 aliphatic heterocycles. The fraction of sp³-hybridized carbons (Fsp3) is 0.222. The van der Waals surface area contributed by atoms with Crippen LogP contribution >= 0.6 is 0 Å². The van der Waals surface area contributed by atoms with Crippen LogP contribution in [0.4, 0.5) is 0 Å². The summed E-state index contributed by atoms with van der Waals surface area (Å²) in [7, 11) is 0. The van der Waals surface area contributed by atoms with Crippen molar-refractivity contribution in [1.82, 2.24) is 0 Å². The molecule has 1 unspecified atom stereocenters. The number of aryl methyl sites for hydroxylation is 2. The molecule has 3 aromatic rings. The van der Waals surface area contributed by atoms with Gasteiger partial charge in [-0.25, -0.2) is 11.4 Å². The number of fused-ring (bicyclic) bond motifs is 3. The van der Waals surface area contributed by atoms with E-state index in [0.29, 0.717) is 16.7 Å². The monoisotopic (exact) mass is 293 g/mol. The molecule has 2 aromatic carbocycles. The van der Waals surface area contributed by atoms with Gasteiger partial charge in [-0.2, -0.15) is 0 Å². The van der Waals surface area contributed by atoms with E-state index in [1.54, 1.807) is 13.0 Å². The molecule has 0 radical (unpaired) electrons. The Bertz CT molecular complexity index is 979. The summed E-state index contributed by atoms with van der Waals surface area (Å²) in [5.41, 5.74) is 1.96. The molecule has 4 nitrogen and oxygen atoms in total. The summed E-state index contributed by atoms with van der Waals surface area (Å²) in [5, 5.41) is 2.32. The number of hydrogen-bond acceptors (Lipinski definition) is 3. The first-order valence-electron chi connectivity index (χ1n) is 7.01. The van der Waals surface area contributed by atoms with Gasteiger partial charge in [0.15, 0.2) is 0 Å². The lowest BCUT2D eigenvalue weighted by Crippen LogP contribution is -2.07. The summed E-state index contributed by atoms with van der Waals surface area (Å²) in [4.78, 5) is 15.5. The zero-order valence-electron chi connectivity index (χ0n) is 12.6. The Kier molecular flexibility index (Phi) is 3.34. The summed E-state index contributed by atoms with van der Waals surface area (Å²) >= 11 is 0. The summed E-state index contributed by atoms with van der Waals surface area (Å²) < 4.78 is 11.1. The highest BCUT2D eigenvalue weighted by Gasteiger charge is 2.15. The lowest BCUT2D eigenvalue weighted by atomic mass is 10.0. The molecule has 0 spiro atoms. The van der Waals surface area contributed by atoms with Crippen LogP contribution in [0.1, 0.15) is 18.1 Å². The van der Waals surface area contributed by atoms with Crippen LogP contribution in [0.2, 0.25) is 0 Å². The molecule has 22 heavy (non-hydrogen) atoms. The smallest absolute Gasteiger partial charge is 0.363 e. The second-order valence-electron chi connectivity index (χ2n) is 5.35. The van der Waals surface area contributed by atoms with Crippen LogP contribution in [-0.4, -0.2) is 6.23 Å². The van der Waals surface area contributed by atoms with Crippen molar-refractivity contribution >= 4 is 21.7 Å². The van der Waals surface area contributed by atoms with E-state index >= 15 is 0 Å². The molecule has 0 aliphatic rings. The fourth-order valence-electron chi connectivity index (χ4n) is 2.56. The molecular weight excluding hydrogens is 278 g/mol. The van der Waals surface area contributed by atoms with Crippen LogP contribution in [-0.2, 0) is 0 Å². The van der Waals surface area contributed by atoms with Gasteiger partial charge in [0.25, 0.3) is 0 Å². The number of hydrogen-bond donors (Lipinski definition) is 0. The maximum atomic E-state index is 12.2. The van der Waals surface area contributed by atoms with E-state index in [9.17, 15) is 4.79 Å². The van der Waals surface area contributed by atoms with E-state index in [1.807, 2.05) is 38.1 Å². The lowest BCUT2D eigenvalue weighted by molar-refractivity contribution is 0.266. The van der Waals surface area contributed by atoms with E-state index < -0.39 is 6.23 Å². The van der Waals surface area contributed by atoms with Crippen molar-refractivity contribution in [3.05, 3.63) is 63.3 Å². The number of nitrogens with zero attached hydrogens (tertiary/aromatic N) is 1. The van der Waals surface area contributed by atoms with Gasteiger partial charge in [0, 0.05) is 16.3 Å². The second kappa shape index (κ2) is 5.19. The molecule has 0 fully saturated rings. The minimum Gasteiger partial charge on any atom is -0.423 e. The Morgan fingerprint density at radius 3 is 2.59 bits per heavy atom. The van der Waals surface area contributed by atoms with Gasteiger partial charge in [0.05, 0.1) is 12.3 Å². The van der Waals surface area contributed by atoms with E-state index in [2.05, 4.69) is 4.85 Å². The normalized spacial score (nSPS) is 12.3. The molecule has 0 N–H and O–H groups in total. The molecule has 110 valence electrons. The first kappa shape index (κ1) is 14.2. The molecular formula is C18H15NO3. The Morgan fingerprint density at radius 2 is 1.86 bits per heavy atom. The van der Waals surface area contributed by atoms with Crippen LogP contribution in [0.5, 0.6) is 5.75 Å². The summed E-state index contributed by atoms with van der Waals surface area (Å²) in [5.74, 6) is 0.561. The maximum Gasteiger partial charge on any atom is 0.363 e. The van der Waals surface area contributed by atoms with E-state index in [0.717, 1.165) is 21.9 Å². The molecule has 0 saturated carbocycles. The van der Waals surface area contributed by atoms with Crippen molar-refractivity contribution < 1.29 is 9.15 Å². The molecule has 0 aliphatic carbocycles. The molecule has 0 saturated heterocycles. The van der Waals surface area contributed by atoms with Crippen LogP contribution < -0.4 is 10.4 Å². The van der Waals surface area contributed by atoms with E-state index in [1.165, 1.54) is 0 Å². The third kappa shape index (κ3) is 2.21. The van der Waals surface area contributed by atoms with Crippen molar-refractivity contribution in [2.24, 2.45) is 0 Å². The largest absolute Gasteiger partial charge is 0.423 e. The zero-order chi connectivity index (χ0) is 15.9. The molecule has 4 heteroatoms. The van der Waals surface area contributed by atoms with Crippen molar-refractivity contribution in [2.75, 3.05) is 0 Å². The summed E-state index contributed by atoms with van der Waals surface area (Å²) in [6, 6.07) is 9.36. The minimum absolute atomic E-state index is 0.360. The molecule has 1 atom stereocenters. The first-order valence-corrected chi connectivity index (χ1v) is 7.01. The highest BCUT2D eigenvalue weighted by Crippen LogP contribution is 2.31. The zero-order valence-corrected chi connectivity index (χ0v) is 12.6. The van der Waals surface area contributed by atoms with E-state index in [-0.39, 0.29) is 5.63 Å². The Morgan fingerprint density at radius 1 is 1.14 bits per heavy atom.